The number of nitrogens with one attached hydrogen (secondary N) is 1. The van der Waals surface area contributed by atoms with Gasteiger partial charge in [0, 0.05) is 11.6 Å². The summed E-state index contributed by atoms with van der Waals surface area (Å²) in [4.78, 5) is 16.1. The van der Waals surface area contributed by atoms with E-state index in [4.69, 9.17) is 14.4 Å². The number of esters is 1. The van der Waals surface area contributed by atoms with Crippen molar-refractivity contribution in [2.75, 3.05) is 18.5 Å². The van der Waals surface area contributed by atoms with E-state index in [0.717, 1.165) is 0 Å². The first kappa shape index (κ1) is 15.5. The van der Waals surface area contributed by atoms with E-state index >= 15 is 0 Å². The zero-order chi connectivity index (χ0) is 16.9. The maximum Gasteiger partial charge on any atom is 0.342 e. The molecule has 0 aliphatic heterocycles. The molecule has 1 N–H and O–H groups in total. The molecule has 0 spiro atoms. The number of aromatic nitrogens is 1. The molecular formula is C17H12FN3O3. The Bertz CT molecular complexity index is 930. The summed E-state index contributed by atoms with van der Waals surface area (Å²) in [6, 6.07) is 9.64. The van der Waals surface area contributed by atoms with Gasteiger partial charge in [-0.15, -0.1) is 0 Å². The topological polar surface area (TPSA) is 88.1 Å². The Morgan fingerprint density at radius 1 is 1.38 bits per heavy atom. The van der Waals surface area contributed by atoms with Gasteiger partial charge in [0.1, 0.15) is 30.3 Å². The van der Waals surface area contributed by atoms with E-state index in [2.05, 4.69) is 10.3 Å². The van der Waals surface area contributed by atoms with E-state index < -0.39 is 11.8 Å². The van der Waals surface area contributed by atoms with Crippen LogP contribution in [-0.2, 0) is 4.74 Å². The first-order valence-corrected chi connectivity index (χ1v) is 7.12. The zero-order valence-electron chi connectivity index (χ0n) is 12.5. The zero-order valence-corrected chi connectivity index (χ0v) is 12.5. The van der Waals surface area contributed by atoms with Gasteiger partial charge < -0.3 is 14.5 Å². The Hall–Kier alpha value is -3.40. The van der Waals surface area contributed by atoms with Gasteiger partial charge in [-0.1, -0.05) is 12.1 Å². The molecule has 0 bridgehead atoms. The molecule has 3 aromatic rings. The third-order valence-corrected chi connectivity index (χ3v) is 3.33. The second-order valence-electron chi connectivity index (χ2n) is 4.84. The number of benzene rings is 1. The van der Waals surface area contributed by atoms with Crippen molar-refractivity contribution < 1.29 is 18.3 Å². The highest BCUT2D eigenvalue weighted by Gasteiger charge is 2.17. The number of para-hydroxylation sites is 1. The molecular weight excluding hydrogens is 313 g/mol. The summed E-state index contributed by atoms with van der Waals surface area (Å²) >= 11 is 0. The standard InChI is InChI=1S/C17H12FN3O3/c18-14-5-1-4-12-13(10-24-15(12)14)17(22)23-8-7-21-16-11(9-19)3-2-6-20-16/h1-6,10H,7-8H2,(H,20,21). The number of halogens is 1. The van der Waals surface area contributed by atoms with Crippen LogP contribution in [0.15, 0.2) is 47.2 Å². The maximum atomic E-state index is 13.5. The minimum absolute atomic E-state index is 0.0229. The Balaban J connectivity index is 1.60. The molecule has 2 heterocycles. The van der Waals surface area contributed by atoms with Crippen molar-refractivity contribution in [3.05, 3.63) is 59.7 Å². The normalized spacial score (nSPS) is 10.3. The monoisotopic (exact) mass is 325 g/mol. The van der Waals surface area contributed by atoms with Crippen molar-refractivity contribution in [2.24, 2.45) is 0 Å². The summed E-state index contributed by atoms with van der Waals surface area (Å²) in [6.45, 7) is 0.337. The third kappa shape index (κ3) is 3.03. The minimum Gasteiger partial charge on any atom is -0.460 e. The Morgan fingerprint density at radius 2 is 2.25 bits per heavy atom. The van der Waals surface area contributed by atoms with Crippen molar-refractivity contribution in [1.82, 2.24) is 4.98 Å². The second-order valence-corrected chi connectivity index (χ2v) is 4.84. The largest absolute Gasteiger partial charge is 0.460 e. The van der Waals surface area contributed by atoms with Crippen molar-refractivity contribution in [2.45, 2.75) is 0 Å². The number of hydrogen-bond acceptors (Lipinski definition) is 6. The van der Waals surface area contributed by atoms with Gasteiger partial charge in [-0.2, -0.15) is 5.26 Å². The highest BCUT2D eigenvalue weighted by Crippen LogP contribution is 2.24. The number of pyridine rings is 1. The molecule has 7 heteroatoms. The molecule has 0 aliphatic carbocycles. The number of ether oxygens (including phenoxy) is 1. The average molecular weight is 325 g/mol. The van der Waals surface area contributed by atoms with Crippen LogP contribution in [0.2, 0.25) is 0 Å². The van der Waals surface area contributed by atoms with E-state index in [1.165, 1.54) is 18.4 Å². The number of furan rings is 1. The Kier molecular flexibility index (Phi) is 4.38. The van der Waals surface area contributed by atoms with Crippen LogP contribution in [0.3, 0.4) is 0 Å². The summed E-state index contributed by atoms with van der Waals surface area (Å²) in [5.74, 6) is -0.720. The van der Waals surface area contributed by atoms with Gasteiger partial charge in [0.05, 0.1) is 12.1 Å². The molecule has 0 amide bonds. The summed E-state index contributed by atoms with van der Waals surface area (Å²) in [5.41, 5.74) is 0.593. The predicted octanol–water partition coefficient (Wildman–Crippen LogP) is 3.11. The quantitative estimate of drug-likeness (QED) is 0.573. The van der Waals surface area contributed by atoms with E-state index in [0.29, 0.717) is 16.8 Å². The number of carbonyl (C=O) groups excluding carboxylic acids is 1. The number of anilines is 1. The lowest BCUT2D eigenvalue weighted by Gasteiger charge is -2.07. The Morgan fingerprint density at radius 3 is 3.08 bits per heavy atom. The van der Waals surface area contributed by atoms with E-state index in [1.807, 2.05) is 6.07 Å². The van der Waals surface area contributed by atoms with Crippen LogP contribution < -0.4 is 5.32 Å². The third-order valence-electron chi connectivity index (χ3n) is 3.33. The van der Waals surface area contributed by atoms with Crippen LogP contribution in [0.5, 0.6) is 0 Å². The first-order valence-electron chi connectivity index (χ1n) is 7.12. The van der Waals surface area contributed by atoms with Crippen LogP contribution in [0.25, 0.3) is 11.0 Å². The van der Waals surface area contributed by atoms with Gasteiger partial charge in [0.25, 0.3) is 0 Å². The molecule has 0 unspecified atom stereocenters. The van der Waals surface area contributed by atoms with Crippen molar-refractivity contribution in [1.29, 1.82) is 5.26 Å². The van der Waals surface area contributed by atoms with E-state index in [1.54, 1.807) is 24.4 Å². The summed E-state index contributed by atoms with van der Waals surface area (Å²) in [7, 11) is 0. The lowest BCUT2D eigenvalue weighted by atomic mass is 10.2. The fourth-order valence-corrected chi connectivity index (χ4v) is 2.21. The molecule has 0 radical (unpaired) electrons. The summed E-state index contributed by atoms with van der Waals surface area (Å²) in [5, 5.41) is 12.2. The van der Waals surface area contributed by atoms with Gasteiger partial charge in [-0.25, -0.2) is 14.2 Å². The van der Waals surface area contributed by atoms with Crippen LogP contribution >= 0.6 is 0 Å². The molecule has 0 saturated carbocycles. The van der Waals surface area contributed by atoms with E-state index in [-0.39, 0.29) is 24.3 Å². The summed E-state index contributed by atoms with van der Waals surface area (Å²) < 4.78 is 23.7. The van der Waals surface area contributed by atoms with Crippen molar-refractivity contribution in [3.63, 3.8) is 0 Å². The fourth-order valence-electron chi connectivity index (χ4n) is 2.21. The molecule has 0 atom stereocenters. The van der Waals surface area contributed by atoms with Gasteiger partial charge >= 0.3 is 5.97 Å². The number of carbonyl (C=O) groups is 1. The van der Waals surface area contributed by atoms with Crippen LogP contribution in [0.1, 0.15) is 15.9 Å². The molecule has 24 heavy (non-hydrogen) atoms. The first-order chi connectivity index (χ1) is 11.7. The molecule has 0 aliphatic rings. The van der Waals surface area contributed by atoms with Crippen molar-refractivity contribution >= 4 is 22.8 Å². The van der Waals surface area contributed by atoms with Crippen molar-refractivity contribution in [3.8, 4) is 6.07 Å². The Labute approximate surface area is 136 Å². The molecule has 3 rings (SSSR count). The van der Waals surface area contributed by atoms with Crippen LogP contribution in [0, 0.1) is 17.1 Å². The van der Waals surface area contributed by atoms with Gasteiger partial charge in [-0.05, 0) is 18.2 Å². The number of rotatable bonds is 5. The molecule has 1 aromatic carbocycles. The maximum absolute atomic E-state index is 13.5. The lowest BCUT2D eigenvalue weighted by molar-refractivity contribution is 0.0522. The number of nitriles is 1. The predicted molar refractivity (Wildman–Crippen MR) is 83.9 cm³/mol. The van der Waals surface area contributed by atoms with Gasteiger partial charge in [0.15, 0.2) is 11.4 Å². The summed E-state index contributed by atoms with van der Waals surface area (Å²) in [6.07, 6.45) is 2.73. The second kappa shape index (κ2) is 6.79. The van der Waals surface area contributed by atoms with E-state index in [9.17, 15) is 9.18 Å². The highest BCUT2D eigenvalue weighted by atomic mass is 19.1. The molecule has 0 fully saturated rings. The van der Waals surface area contributed by atoms with Gasteiger partial charge in [0.2, 0.25) is 0 Å². The number of nitrogens with zero attached hydrogens (tertiary/aromatic N) is 2. The average Bonchev–Trinajstić information content (AvgIpc) is 3.04. The van der Waals surface area contributed by atoms with Gasteiger partial charge in [-0.3, -0.25) is 0 Å². The molecule has 120 valence electrons. The number of fused-ring (bicyclic) bond motifs is 1. The minimum atomic E-state index is -0.609. The highest BCUT2D eigenvalue weighted by molar-refractivity contribution is 6.03. The molecule has 2 aromatic heterocycles. The smallest absolute Gasteiger partial charge is 0.342 e. The molecule has 0 saturated heterocycles. The molecule has 6 nitrogen and oxygen atoms in total. The van der Waals surface area contributed by atoms with Crippen LogP contribution in [-0.4, -0.2) is 24.1 Å². The fraction of sp³-hybridized carbons (Fsp3) is 0.118. The lowest BCUT2D eigenvalue weighted by Crippen LogP contribution is -2.15. The number of hydrogen-bond donors (Lipinski definition) is 1. The van der Waals surface area contributed by atoms with Crippen LogP contribution in [0.4, 0.5) is 10.2 Å². The SMILES string of the molecule is N#Cc1cccnc1NCCOC(=O)c1coc2c(F)cccc12.